The van der Waals surface area contributed by atoms with Crippen LogP contribution in [-0.2, 0) is 27.6 Å². The van der Waals surface area contributed by atoms with Crippen LogP contribution in [0.4, 0.5) is 0 Å². The third-order valence-electron chi connectivity index (χ3n) is 5.66. The Balaban J connectivity index is 1.64. The van der Waals surface area contributed by atoms with E-state index in [1.165, 1.54) is 0 Å². The molecule has 2 aromatic rings. The van der Waals surface area contributed by atoms with Crippen LogP contribution < -0.4 is 0 Å². The third kappa shape index (κ3) is 3.50. The van der Waals surface area contributed by atoms with E-state index in [2.05, 4.69) is 16.9 Å². The highest BCUT2D eigenvalue weighted by atomic mass is 32.2. The Bertz CT molecular complexity index is 939. The molecule has 152 valence electrons. The number of ether oxygens (including phenoxy) is 1. The predicted molar refractivity (Wildman–Crippen MR) is 105 cm³/mol. The van der Waals surface area contributed by atoms with Gasteiger partial charge in [0.1, 0.15) is 0 Å². The average molecular weight is 406 g/mol. The molecule has 1 fully saturated rings. The van der Waals surface area contributed by atoms with Crippen molar-refractivity contribution in [2.24, 2.45) is 0 Å². The molecule has 0 radical (unpaired) electrons. The van der Waals surface area contributed by atoms with E-state index in [0.29, 0.717) is 19.4 Å². The summed E-state index contributed by atoms with van der Waals surface area (Å²) < 4.78 is 33.1. The smallest absolute Gasteiger partial charge is 0.282 e. The second-order valence-corrected chi connectivity index (χ2v) is 9.54. The van der Waals surface area contributed by atoms with Gasteiger partial charge in [0.25, 0.3) is 10.0 Å². The van der Waals surface area contributed by atoms with Crippen molar-refractivity contribution in [3.63, 3.8) is 0 Å². The number of nitrogens with zero attached hydrogens (tertiary/aromatic N) is 3. The first-order chi connectivity index (χ1) is 13.4. The molecule has 0 spiro atoms. The second kappa shape index (κ2) is 7.59. The number of hydrogen-bond donors (Lipinski definition) is 1. The van der Waals surface area contributed by atoms with Crippen LogP contribution in [0.1, 0.15) is 30.2 Å². The Morgan fingerprint density at radius 1 is 1.25 bits per heavy atom. The maximum absolute atomic E-state index is 13.0. The zero-order valence-corrected chi connectivity index (χ0v) is 17.1. The van der Waals surface area contributed by atoms with E-state index in [1.54, 1.807) is 30.5 Å². The van der Waals surface area contributed by atoms with Crippen molar-refractivity contribution in [2.45, 2.75) is 56.3 Å². The number of aromatic nitrogens is 2. The van der Waals surface area contributed by atoms with E-state index in [0.717, 1.165) is 33.9 Å². The summed E-state index contributed by atoms with van der Waals surface area (Å²) in [5, 5.41) is 14.0. The number of aliphatic hydroxyl groups excluding tert-OH is 1. The zero-order chi connectivity index (χ0) is 19.9. The van der Waals surface area contributed by atoms with Gasteiger partial charge in [0.15, 0.2) is 0 Å². The molecule has 2 heterocycles. The summed E-state index contributed by atoms with van der Waals surface area (Å²) in [5.41, 5.74) is 2.74. The van der Waals surface area contributed by atoms with E-state index in [1.807, 2.05) is 6.92 Å². The zero-order valence-electron chi connectivity index (χ0n) is 16.3. The molecule has 1 aliphatic heterocycles. The lowest BCUT2D eigenvalue weighted by molar-refractivity contribution is -0.135. The van der Waals surface area contributed by atoms with Crippen LogP contribution >= 0.6 is 0 Å². The van der Waals surface area contributed by atoms with E-state index < -0.39 is 10.0 Å². The first-order valence-electron chi connectivity index (χ1n) is 9.82. The molecule has 3 atom stereocenters. The fraction of sp³-hybridized carbons (Fsp3) is 0.550. The van der Waals surface area contributed by atoms with Crippen LogP contribution in [0.25, 0.3) is 0 Å². The molecule has 2 aliphatic rings. The maximum Gasteiger partial charge on any atom is 0.282 e. The Morgan fingerprint density at radius 2 is 2.00 bits per heavy atom. The Morgan fingerprint density at radius 3 is 2.68 bits per heavy atom. The van der Waals surface area contributed by atoms with Crippen LogP contribution in [0.3, 0.4) is 0 Å². The van der Waals surface area contributed by atoms with E-state index in [-0.39, 0.29) is 29.8 Å². The van der Waals surface area contributed by atoms with E-state index in [4.69, 9.17) is 4.74 Å². The van der Waals surface area contributed by atoms with Gasteiger partial charge < -0.3 is 9.84 Å². The molecular formula is C20H27N3O4S. The third-order valence-corrected chi connectivity index (χ3v) is 7.21. The molecule has 1 saturated heterocycles. The molecular weight excluding hydrogens is 378 g/mol. The summed E-state index contributed by atoms with van der Waals surface area (Å²) in [5.74, 6) is 0. The highest BCUT2D eigenvalue weighted by molar-refractivity contribution is 7.89. The molecule has 1 aliphatic carbocycles. The molecule has 0 amide bonds. The molecule has 1 N–H and O–H groups in total. The molecule has 0 unspecified atom stereocenters. The number of hydrogen-bond acceptors (Lipinski definition) is 6. The fourth-order valence-electron chi connectivity index (χ4n) is 4.22. The minimum absolute atomic E-state index is 0.00741. The van der Waals surface area contributed by atoms with Crippen LogP contribution in [0.15, 0.2) is 35.4 Å². The minimum Gasteiger partial charge on any atom is -0.394 e. The summed E-state index contributed by atoms with van der Waals surface area (Å²) in [6, 6.07) is 6.99. The highest BCUT2D eigenvalue weighted by Crippen LogP contribution is 2.31. The van der Waals surface area contributed by atoms with Gasteiger partial charge in [-0.3, -0.25) is 4.90 Å². The first kappa shape index (κ1) is 19.6. The number of aliphatic hydroxyl groups is 1. The first-order valence-corrected chi connectivity index (χ1v) is 11.3. The summed E-state index contributed by atoms with van der Waals surface area (Å²) in [4.78, 5) is 2.60. The molecule has 7 nitrogen and oxygen atoms in total. The van der Waals surface area contributed by atoms with E-state index >= 15 is 0 Å². The Labute approximate surface area is 166 Å². The molecule has 28 heavy (non-hydrogen) atoms. The van der Waals surface area contributed by atoms with Gasteiger partial charge in [0.05, 0.1) is 29.4 Å². The predicted octanol–water partition coefficient (Wildman–Crippen LogP) is 1.37. The fourth-order valence-corrected chi connectivity index (χ4v) is 5.39. The molecule has 1 aromatic heterocycles. The standard InChI is InChI=1S/C20H27N3O4S/c1-3-8-22-12-16(13-24)27-20-10-18-15(9-19(20)22)11-23(21-18)28(25,26)17-6-4-14(2)5-7-17/h4-7,11,16,19-20,24H,3,8-10,12-13H2,1-2H3/t16-,19-,20-/m1/s1. The van der Waals surface area contributed by atoms with Crippen molar-refractivity contribution < 1.29 is 18.3 Å². The van der Waals surface area contributed by atoms with Crippen molar-refractivity contribution in [2.75, 3.05) is 19.7 Å². The molecule has 4 rings (SSSR count). The number of aryl methyl sites for hydroxylation is 1. The second-order valence-electron chi connectivity index (χ2n) is 7.74. The van der Waals surface area contributed by atoms with Gasteiger partial charge in [0.2, 0.25) is 0 Å². The average Bonchev–Trinajstić information content (AvgIpc) is 3.10. The van der Waals surface area contributed by atoms with Crippen molar-refractivity contribution in [1.29, 1.82) is 0 Å². The van der Waals surface area contributed by atoms with Crippen molar-refractivity contribution in [3.8, 4) is 0 Å². The Hall–Kier alpha value is -1.74. The van der Waals surface area contributed by atoms with Gasteiger partial charge in [-0.25, -0.2) is 0 Å². The van der Waals surface area contributed by atoms with Gasteiger partial charge in [0, 0.05) is 25.2 Å². The lowest BCUT2D eigenvalue weighted by atomic mass is 9.88. The maximum atomic E-state index is 13.0. The van der Waals surface area contributed by atoms with Gasteiger partial charge in [-0.2, -0.15) is 17.6 Å². The molecule has 8 heteroatoms. The summed E-state index contributed by atoms with van der Waals surface area (Å²) in [6.45, 7) is 5.70. The minimum atomic E-state index is -3.71. The highest BCUT2D eigenvalue weighted by Gasteiger charge is 2.41. The van der Waals surface area contributed by atoms with Crippen molar-refractivity contribution in [3.05, 3.63) is 47.3 Å². The van der Waals surface area contributed by atoms with Crippen LogP contribution in [-0.4, -0.2) is 65.6 Å². The van der Waals surface area contributed by atoms with Crippen molar-refractivity contribution >= 4 is 10.0 Å². The normalized spacial score (nSPS) is 25.3. The van der Waals surface area contributed by atoms with Gasteiger partial charge in [-0.1, -0.05) is 24.6 Å². The van der Waals surface area contributed by atoms with Crippen LogP contribution in [0.2, 0.25) is 0 Å². The lowest BCUT2D eigenvalue weighted by Crippen LogP contribution is -2.58. The number of benzene rings is 1. The summed E-state index contributed by atoms with van der Waals surface area (Å²) in [6.07, 6.45) is 3.68. The van der Waals surface area contributed by atoms with Crippen LogP contribution in [0, 0.1) is 6.92 Å². The number of morpholine rings is 1. The quantitative estimate of drug-likeness (QED) is 0.809. The van der Waals surface area contributed by atoms with Gasteiger partial charge in [-0.05, 0) is 44.0 Å². The molecule has 0 saturated carbocycles. The molecule has 0 bridgehead atoms. The monoisotopic (exact) mass is 405 g/mol. The summed E-state index contributed by atoms with van der Waals surface area (Å²) in [7, 11) is -3.71. The summed E-state index contributed by atoms with van der Waals surface area (Å²) >= 11 is 0. The van der Waals surface area contributed by atoms with Gasteiger partial charge >= 0.3 is 0 Å². The largest absolute Gasteiger partial charge is 0.394 e. The SMILES string of the molecule is CCCN1C[C@H](CO)O[C@@H]2Cc3nn(S(=O)(=O)c4ccc(C)cc4)cc3C[C@H]21. The topological polar surface area (TPSA) is 84.7 Å². The van der Waals surface area contributed by atoms with Crippen molar-refractivity contribution in [1.82, 2.24) is 14.1 Å². The Kier molecular flexibility index (Phi) is 5.30. The molecule has 1 aromatic carbocycles. The van der Waals surface area contributed by atoms with E-state index in [9.17, 15) is 13.5 Å². The lowest BCUT2D eigenvalue weighted by Gasteiger charge is -2.46. The van der Waals surface area contributed by atoms with Crippen LogP contribution in [0.5, 0.6) is 0 Å². The number of rotatable bonds is 5. The number of fused-ring (bicyclic) bond motifs is 2. The van der Waals surface area contributed by atoms with Gasteiger partial charge in [-0.15, -0.1) is 0 Å².